The molecule has 0 atom stereocenters. The van der Waals surface area contributed by atoms with E-state index in [0.717, 1.165) is 32.9 Å². The Balaban J connectivity index is 1.69. The number of nitro benzene ring substituents is 1. The molecule has 0 aliphatic heterocycles. The van der Waals surface area contributed by atoms with E-state index in [-0.39, 0.29) is 10.6 Å². The Bertz CT molecular complexity index is 1200. The number of hydrogen-bond acceptors (Lipinski definition) is 5. The lowest BCUT2D eigenvalue weighted by atomic mass is 10.0. The molecule has 0 aliphatic carbocycles. The van der Waals surface area contributed by atoms with E-state index in [1.807, 2.05) is 31.2 Å². The number of fused-ring (bicyclic) bond motifs is 1. The molecule has 146 valence electrons. The topological polar surface area (TPSA) is 73.8 Å². The van der Waals surface area contributed by atoms with Crippen molar-refractivity contribution in [1.82, 2.24) is 14.8 Å². The monoisotopic (exact) mass is 404 g/mol. The molecule has 1 aromatic heterocycles. The van der Waals surface area contributed by atoms with Crippen LogP contribution in [0.15, 0.2) is 65.8 Å². The van der Waals surface area contributed by atoms with Crippen molar-refractivity contribution in [2.24, 2.45) is 0 Å². The maximum absolute atomic E-state index is 11.3. The molecule has 0 fully saturated rings. The van der Waals surface area contributed by atoms with E-state index in [4.69, 9.17) is 0 Å². The third-order valence-corrected chi connectivity index (χ3v) is 5.87. The number of nitrogens with zero attached hydrogens (tertiary/aromatic N) is 4. The van der Waals surface area contributed by atoms with Crippen molar-refractivity contribution in [3.63, 3.8) is 0 Å². The Morgan fingerprint density at radius 1 is 1.07 bits per heavy atom. The zero-order chi connectivity index (χ0) is 20.4. The third kappa shape index (κ3) is 3.73. The smallest absolute Gasteiger partial charge is 0.273 e. The van der Waals surface area contributed by atoms with Crippen LogP contribution in [0.2, 0.25) is 0 Å². The van der Waals surface area contributed by atoms with Gasteiger partial charge in [0.25, 0.3) is 5.69 Å². The molecule has 0 aliphatic rings. The number of thioether (sulfide) groups is 1. The third-order valence-electron chi connectivity index (χ3n) is 4.85. The van der Waals surface area contributed by atoms with Crippen LogP contribution in [-0.2, 0) is 12.3 Å². The molecule has 4 aromatic rings. The zero-order valence-corrected chi connectivity index (χ0v) is 17.0. The Labute approximate surface area is 172 Å². The molecule has 0 unspecified atom stereocenters. The standard InChI is InChI=1S/C22H20N4O2S/c1-3-25-21(19-10-6-8-16-7-4-5-9-18(16)19)23-24-22(25)29-14-17-13-15(2)11-12-20(17)26(27)28/h4-13H,3,14H2,1-2H3. The maximum Gasteiger partial charge on any atom is 0.273 e. The highest BCUT2D eigenvalue weighted by Gasteiger charge is 2.18. The summed E-state index contributed by atoms with van der Waals surface area (Å²) >= 11 is 1.47. The maximum atomic E-state index is 11.3. The predicted molar refractivity (Wildman–Crippen MR) is 116 cm³/mol. The van der Waals surface area contributed by atoms with Crippen LogP contribution in [0.5, 0.6) is 0 Å². The lowest BCUT2D eigenvalue weighted by Crippen LogP contribution is -2.01. The Kier molecular flexibility index (Phi) is 5.31. The quantitative estimate of drug-likeness (QED) is 0.237. The van der Waals surface area contributed by atoms with Crippen LogP contribution in [-0.4, -0.2) is 19.7 Å². The molecular formula is C22H20N4O2S. The molecule has 0 saturated carbocycles. The molecule has 29 heavy (non-hydrogen) atoms. The van der Waals surface area contributed by atoms with Gasteiger partial charge >= 0.3 is 0 Å². The van der Waals surface area contributed by atoms with Crippen LogP contribution in [0.4, 0.5) is 5.69 Å². The highest BCUT2D eigenvalue weighted by molar-refractivity contribution is 7.98. The number of rotatable bonds is 6. The number of nitro groups is 1. The highest BCUT2D eigenvalue weighted by Crippen LogP contribution is 2.32. The summed E-state index contributed by atoms with van der Waals surface area (Å²) in [6.45, 7) is 4.70. The van der Waals surface area contributed by atoms with Gasteiger partial charge in [-0.15, -0.1) is 10.2 Å². The van der Waals surface area contributed by atoms with Gasteiger partial charge in [-0.05, 0) is 30.7 Å². The van der Waals surface area contributed by atoms with Gasteiger partial charge in [0.15, 0.2) is 11.0 Å². The Hall–Kier alpha value is -3.19. The summed E-state index contributed by atoms with van der Waals surface area (Å²) < 4.78 is 2.06. The summed E-state index contributed by atoms with van der Waals surface area (Å²) in [5.41, 5.74) is 2.86. The van der Waals surface area contributed by atoms with Gasteiger partial charge in [-0.1, -0.05) is 65.9 Å². The fourth-order valence-corrected chi connectivity index (χ4v) is 4.44. The fraction of sp³-hybridized carbons (Fsp3) is 0.182. The van der Waals surface area contributed by atoms with Gasteiger partial charge in [0.2, 0.25) is 0 Å². The second-order valence-electron chi connectivity index (χ2n) is 6.76. The lowest BCUT2D eigenvalue weighted by molar-refractivity contribution is -0.385. The first-order valence-electron chi connectivity index (χ1n) is 9.36. The van der Waals surface area contributed by atoms with Gasteiger partial charge in [-0.3, -0.25) is 10.1 Å². The minimum atomic E-state index is -0.332. The average Bonchev–Trinajstić information content (AvgIpc) is 3.14. The number of hydrogen-bond donors (Lipinski definition) is 0. The summed E-state index contributed by atoms with van der Waals surface area (Å²) in [5, 5.41) is 23.2. The van der Waals surface area contributed by atoms with Crippen LogP contribution in [0.25, 0.3) is 22.2 Å². The molecule has 0 bridgehead atoms. The molecular weight excluding hydrogens is 384 g/mol. The van der Waals surface area contributed by atoms with Crippen molar-refractivity contribution < 1.29 is 4.92 Å². The van der Waals surface area contributed by atoms with E-state index in [1.165, 1.54) is 11.8 Å². The van der Waals surface area contributed by atoms with Gasteiger partial charge in [-0.25, -0.2) is 0 Å². The van der Waals surface area contributed by atoms with Crippen molar-refractivity contribution in [3.8, 4) is 11.4 Å². The Morgan fingerprint density at radius 3 is 2.66 bits per heavy atom. The molecule has 3 aromatic carbocycles. The molecule has 0 radical (unpaired) electrons. The van der Waals surface area contributed by atoms with Crippen molar-refractivity contribution in [2.75, 3.05) is 0 Å². The minimum Gasteiger partial charge on any atom is -0.302 e. The van der Waals surface area contributed by atoms with E-state index < -0.39 is 0 Å². The normalized spacial score (nSPS) is 11.1. The van der Waals surface area contributed by atoms with Crippen LogP contribution in [0.1, 0.15) is 18.1 Å². The van der Waals surface area contributed by atoms with Crippen LogP contribution >= 0.6 is 11.8 Å². The van der Waals surface area contributed by atoms with Crippen LogP contribution < -0.4 is 0 Å². The van der Waals surface area contributed by atoms with E-state index in [0.29, 0.717) is 17.9 Å². The summed E-state index contributed by atoms with van der Waals surface area (Å²) in [6, 6.07) is 19.6. The number of aromatic nitrogens is 3. The van der Waals surface area contributed by atoms with Gasteiger partial charge in [-0.2, -0.15) is 0 Å². The van der Waals surface area contributed by atoms with Crippen molar-refractivity contribution >= 4 is 28.2 Å². The Morgan fingerprint density at radius 2 is 1.86 bits per heavy atom. The fourth-order valence-electron chi connectivity index (χ4n) is 3.45. The van der Waals surface area contributed by atoms with E-state index in [9.17, 15) is 10.1 Å². The van der Waals surface area contributed by atoms with Gasteiger partial charge in [0.1, 0.15) is 0 Å². The molecule has 0 spiro atoms. The highest BCUT2D eigenvalue weighted by atomic mass is 32.2. The average molecular weight is 404 g/mol. The number of aryl methyl sites for hydroxylation is 1. The molecule has 4 rings (SSSR count). The predicted octanol–water partition coefficient (Wildman–Crippen LogP) is 5.63. The molecule has 0 amide bonds. The first-order chi connectivity index (χ1) is 14.1. The van der Waals surface area contributed by atoms with Crippen molar-refractivity contribution in [2.45, 2.75) is 31.3 Å². The van der Waals surface area contributed by atoms with Crippen molar-refractivity contribution in [3.05, 3.63) is 81.9 Å². The summed E-state index contributed by atoms with van der Waals surface area (Å²) in [7, 11) is 0. The second-order valence-corrected chi connectivity index (χ2v) is 7.70. The van der Waals surface area contributed by atoms with E-state index in [1.54, 1.807) is 12.1 Å². The van der Waals surface area contributed by atoms with Crippen LogP contribution in [0, 0.1) is 17.0 Å². The largest absolute Gasteiger partial charge is 0.302 e. The van der Waals surface area contributed by atoms with Crippen LogP contribution in [0.3, 0.4) is 0 Å². The summed E-state index contributed by atoms with van der Waals surface area (Å²) in [5.74, 6) is 1.27. The molecule has 0 saturated heterocycles. The van der Waals surface area contributed by atoms with Gasteiger partial charge in [0.05, 0.1) is 4.92 Å². The number of benzene rings is 3. The minimum absolute atomic E-state index is 0.139. The first kappa shape index (κ1) is 19.1. The lowest BCUT2D eigenvalue weighted by Gasteiger charge is -2.10. The summed E-state index contributed by atoms with van der Waals surface area (Å²) in [6.07, 6.45) is 0. The zero-order valence-electron chi connectivity index (χ0n) is 16.2. The SMILES string of the molecule is CCn1c(SCc2cc(C)ccc2[N+](=O)[O-])nnc1-c1cccc2ccccc12. The van der Waals surface area contributed by atoms with Crippen molar-refractivity contribution in [1.29, 1.82) is 0 Å². The second kappa shape index (κ2) is 8.05. The van der Waals surface area contributed by atoms with E-state index >= 15 is 0 Å². The molecule has 7 heteroatoms. The molecule has 0 N–H and O–H groups in total. The van der Waals surface area contributed by atoms with Gasteiger partial charge < -0.3 is 4.57 Å². The molecule has 6 nitrogen and oxygen atoms in total. The molecule has 1 heterocycles. The summed E-state index contributed by atoms with van der Waals surface area (Å²) in [4.78, 5) is 11.0. The van der Waals surface area contributed by atoms with E-state index in [2.05, 4.69) is 46.0 Å². The van der Waals surface area contributed by atoms with Gasteiger partial charge in [0, 0.05) is 29.5 Å². The first-order valence-corrected chi connectivity index (χ1v) is 10.3.